The molecule has 2 aromatic rings. The summed E-state index contributed by atoms with van der Waals surface area (Å²) in [5.41, 5.74) is 5.79. The van der Waals surface area contributed by atoms with Crippen LogP contribution in [-0.4, -0.2) is 23.1 Å². The van der Waals surface area contributed by atoms with Crippen LogP contribution in [-0.2, 0) is 6.42 Å². The Labute approximate surface area is 104 Å². The molecule has 0 spiro atoms. The third-order valence-electron chi connectivity index (χ3n) is 3.22. The van der Waals surface area contributed by atoms with Crippen molar-refractivity contribution in [1.82, 2.24) is 9.97 Å². The fraction of sp³-hybridized carbons (Fsp3) is 0.500. The Balaban J connectivity index is 2.16. The van der Waals surface area contributed by atoms with Crippen LogP contribution in [0.25, 0.3) is 10.2 Å². The number of rotatable bonds is 3. The van der Waals surface area contributed by atoms with Crippen molar-refractivity contribution in [3.63, 3.8) is 0 Å². The summed E-state index contributed by atoms with van der Waals surface area (Å²) in [6.07, 6.45) is 3.55. The predicted molar refractivity (Wildman–Crippen MR) is 72.6 cm³/mol. The maximum Gasteiger partial charge on any atom is 0.223 e. The predicted octanol–water partition coefficient (Wildman–Crippen LogP) is 2.43. The van der Waals surface area contributed by atoms with Crippen LogP contribution in [0.15, 0.2) is 6.07 Å². The largest absolute Gasteiger partial charge is 0.368 e. The molecule has 0 aliphatic heterocycles. The zero-order chi connectivity index (χ0) is 12.0. The fourth-order valence-corrected chi connectivity index (χ4v) is 3.02. The summed E-state index contributed by atoms with van der Waals surface area (Å²) in [5, 5.41) is 1.15. The standard InChI is InChI=1S/C12H16N4S/c1-3-8-6-9-10(16(2)7-4-5-7)14-12(13)15-11(9)17-8/h6-7H,3-5H2,1-2H3,(H2,13,14,15). The molecule has 1 aliphatic rings. The number of aromatic nitrogens is 2. The first-order valence-electron chi connectivity index (χ1n) is 5.97. The van der Waals surface area contributed by atoms with Crippen LogP contribution in [0.1, 0.15) is 24.6 Å². The lowest BCUT2D eigenvalue weighted by Crippen LogP contribution is -2.21. The molecule has 4 nitrogen and oxygen atoms in total. The first-order valence-corrected chi connectivity index (χ1v) is 6.79. The molecule has 0 bridgehead atoms. The number of aryl methyl sites for hydroxylation is 1. The van der Waals surface area contributed by atoms with Crippen molar-refractivity contribution in [2.75, 3.05) is 17.7 Å². The van der Waals surface area contributed by atoms with Gasteiger partial charge < -0.3 is 10.6 Å². The molecule has 1 saturated carbocycles. The Morgan fingerprint density at radius 1 is 1.47 bits per heavy atom. The van der Waals surface area contributed by atoms with Crippen molar-refractivity contribution in [1.29, 1.82) is 0 Å². The van der Waals surface area contributed by atoms with E-state index in [9.17, 15) is 0 Å². The van der Waals surface area contributed by atoms with Gasteiger partial charge in [-0.2, -0.15) is 4.98 Å². The maximum absolute atomic E-state index is 5.79. The minimum absolute atomic E-state index is 0.379. The summed E-state index contributed by atoms with van der Waals surface area (Å²) >= 11 is 1.72. The molecule has 17 heavy (non-hydrogen) atoms. The summed E-state index contributed by atoms with van der Waals surface area (Å²) in [6, 6.07) is 2.84. The highest BCUT2D eigenvalue weighted by molar-refractivity contribution is 7.18. The van der Waals surface area contributed by atoms with E-state index in [1.54, 1.807) is 11.3 Å². The molecule has 1 aliphatic carbocycles. The highest BCUT2D eigenvalue weighted by atomic mass is 32.1. The van der Waals surface area contributed by atoms with Crippen molar-refractivity contribution in [2.24, 2.45) is 0 Å². The highest BCUT2D eigenvalue weighted by Gasteiger charge is 2.28. The molecule has 2 aromatic heterocycles. The lowest BCUT2D eigenvalue weighted by atomic mass is 10.3. The van der Waals surface area contributed by atoms with Gasteiger partial charge in [0.15, 0.2) is 0 Å². The minimum Gasteiger partial charge on any atom is -0.368 e. The maximum atomic E-state index is 5.79. The molecular formula is C12H16N4S. The third kappa shape index (κ3) is 1.84. The van der Waals surface area contributed by atoms with Crippen molar-refractivity contribution in [3.05, 3.63) is 10.9 Å². The number of anilines is 2. The van der Waals surface area contributed by atoms with Gasteiger partial charge in [0.1, 0.15) is 10.6 Å². The first-order chi connectivity index (χ1) is 8.19. The SMILES string of the molecule is CCc1cc2c(N(C)C3CC3)nc(N)nc2s1. The number of thiophene rings is 1. The van der Waals surface area contributed by atoms with Gasteiger partial charge in [0.05, 0.1) is 5.39 Å². The van der Waals surface area contributed by atoms with Gasteiger partial charge in [0.25, 0.3) is 0 Å². The van der Waals surface area contributed by atoms with E-state index in [-0.39, 0.29) is 0 Å². The summed E-state index contributed by atoms with van der Waals surface area (Å²) in [7, 11) is 2.10. The minimum atomic E-state index is 0.379. The van der Waals surface area contributed by atoms with Crippen LogP contribution < -0.4 is 10.6 Å². The molecule has 0 radical (unpaired) electrons. The summed E-state index contributed by atoms with van der Waals surface area (Å²) in [6.45, 7) is 2.16. The zero-order valence-electron chi connectivity index (χ0n) is 10.1. The lowest BCUT2D eigenvalue weighted by molar-refractivity contribution is 0.897. The van der Waals surface area contributed by atoms with Crippen LogP contribution in [0, 0.1) is 0 Å². The van der Waals surface area contributed by atoms with Crippen LogP contribution in [0.2, 0.25) is 0 Å². The van der Waals surface area contributed by atoms with Crippen LogP contribution >= 0.6 is 11.3 Å². The molecular weight excluding hydrogens is 232 g/mol. The Morgan fingerprint density at radius 2 is 2.24 bits per heavy atom. The van der Waals surface area contributed by atoms with Crippen LogP contribution in [0.3, 0.4) is 0 Å². The Kier molecular flexibility index (Phi) is 2.43. The van der Waals surface area contributed by atoms with Gasteiger partial charge in [-0.25, -0.2) is 4.98 Å². The Hall–Kier alpha value is -1.36. The fourth-order valence-electron chi connectivity index (χ4n) is 2.05. The Bertz CT molecular complexity index is 559. The molecule has 0 saturated heterocycles. The number of nitrogen functional groups attached to an aromatic ring is 1. The van der Waals surface area contributed by atoms with Gasteiger partial charge in [-0.3, -0.25) is 0 Å². The number of hydrogen-bond acceptors (Lipinski definition) is 5. The van der Waals surface area contributed by atoms with Crippen molar-refractivity contribution in [3.8, 4) is 0 Å². The molecule has 0 atom stereocenters. The molecule has 1 fully saturated rings. The average Bonchev–Trinajstić information content (AvgIpc) is 3.07. The number of hydrogen-bond donors (Lipinski definition) is 1. The highest BCUT2D eigenvalue weighted by Crippen LogP contribution is 2.36. The summed E-state index contributed by atoms with van der Waals surface area (Å²) in [5.74, 6) is 1.37. The van der Waals surface area contributed by atoms with E-state index < -0.39 is 0 Å². The van der Waals surface area contributed by atoms with Gasteiger partial charge in [-0.15, -0.1) is 11.3 Å². The lowest BCUT2D eigenvalue weighted by Gasteiger charge is -2.18. The van der Waals surface area contributed by atoms with E-state index in [0.29, 0.717) is 12.0 Å². The van der Waals surface area contributed by atoms with Gasteiger partial charge in [-0.1, -0.05) is 6.92 Å². The normalized spacial score (nSPS) is 15.4. The molecule has 3 rings (SSSR count). The quantitative estimate of drug-likeness (QED) is 0.906. The van der Waals surface area contributed by atoms with Gasteiger partial charge in [-0.05, 0) is 25.3 Å². The second kappa shape index (κ2) is 3.84. The molecule has 2 N–H and O–H groups in total. The average molecular weight is 248 g/mol. The van der Waals surface area contributed by atoms with Crippen LogP contribution in [0.4, 0.5) is 11.8 Å². The number of fused-ring (bicyclic) bond motifs is 1. The topological polar surface area (TPSA) is 55.0 Å². The van der Waals surface area contributed by atoms with E-state index in [4.69, 9.17) is 5.73 Å². The smallest absolute Gasteiger partial charge is 0.223 e. The number of nitrogens with zero attached hydrogens (tertiary/aromatic N) is 3. The molecule has 0 aromatic carbocycles. The molecule has 0 unspecified atom stereocenters. The van der Waals surface area contributed by atoms with Crippen molar-refractivity contribution < 1.29 is 0 Å². The van der Waals surface area contributed by atoms with Crippen molar-refractivity contribution >= 4 is 33.3 Å². The second-order valence-electron chi connectivity index (χ2n) is 4.53. The zero-order valence-corrected chi connectivity index (χ0v) is 10.9. The van der Waals surface area contributed by atoms with Gasteiger partial charge in [0.2, 0.25) is 5.95 Å². The van der Waals surface area contributed by atoms with Gasteiger partial charge in [0, 0.05) is 18.0 Å². The molecule has 90 valence electrons. The summed E-state index contributed by atoms with van der Waals surface area (Å²) in [4.78, 5) is 13.3. The van der Waals surface area contributed by atoms with E-state index in [2.05, 4.69) is 34.9 Å². The first kappa shape index (κ1) is 10.8. The third-order valence-corrected chi connectivity index (χ3v) is 4.39. The van der Waals surface area contributed by atoms with Crippen LogP contribution in [0.5, 0.6) is 0 Å². The molecule has 0 amide bonds. The van der Waals surface area contributed by atoms with Crippen molar-refractivity contribution in [2.45, 2.75) is 32.2 Å². The monoisotopic (exact) mass is 248 g/mol. The van der Waals surface area contributed by atoms with E-state index >= 15 is 0 Å². The van der Waals surface area contributed by atoms with Gasteiger partial charge >= 0.3 is 0 Å². The molecule has 5 heteroatoms. The Morgan fingerprint density at radius 3 is 2.88 bits per heavy atom. The molecule has 2 heterocycles. The summed E-state index contributed by atoms with van der Waals surface area (Å²) < 4.78 is 0. The van der Waals surface area contributed by atoms with E-state index in [0.717, 1.165) is 22.5 Å². The van der Waals surface area contributed by atoms with E-state index in [1.807, 2.05) is 0 Å². The number of nitrogens with two attached hydrogens (primary N) is 1. The second-order valence-corrected chi connectivity index (χ2v) is 5.65. The van der Waals surface area contributed by atoms with E-state index in [1.165, 1.54) is 17.7 Å².